The molecule has 2 nitrogen and oxygen atoms in total. The quantitative estimate of drug-likeness (QED) is 0.683. The molecule has 0 radical (unpaired) electrons. The highest BCUT2D eigenvalue weighted by molar-refractivity contribution is 4.91. The van der Waals surface area contributed by atoms with Crippen molar-refractivity contribution < 1.29 is 10.2 Å². The lowest BCUT2D eigenvalue weighted by atomic mass is 9.61. The van der Waals surface area contributed by atoms with Gasteiger partial charge in [0.05, 0.1) is 13.2 Å². The third-order valence-electron chi connectivity index (χ3n) is 3.16. The molecule has 0 aromatic rings. The van der Waals surface area contributed by atoms with E-state index in [0.717, 1.165) is 0 Å². The molecule has 0 aromatic carbocycles. The van der Waals surface area contributed by atoms with Crippen molar-refractivity contribution in [2.45, 2.75) is 34.6 Å². The first-order chi connectivity index (χ1) is 5.31. The Bertz CT molecular complexity index is 129. The first-order valence-corrected chi connectivity index (χ1v) is 4.53. The van der Waals surface area contributed by atoms with Gasteiger partial charge in [-0.1, -0.05) is 34.6 Å². The first-order valence-electron chi connectivity index (χ1n) is 4.53. The molecule has 0 fully saturated rings. The summed E-state index contributed by atoms with van der Waals surface area (Å²) in [5.41, 5.74) is -0.433. The van der Waals surface area contributed by atoms with Gasteiger partial charge in [-0.2, -0.15) is 0 Å². The number of hydrogen-bond donors (Lipinski definition) is 2. The Morgan fingerprint density at radius 3 is 1.33 bits per heavy atom. The molecule has 0 unspecified atom stereocenters. The SMILES string of the molecule is CC(C)C(CO)(CO)C(C)(C)C. The summed E-state index contributed by atoms with van der Waals surface area (Å²) in [7, 11) is 0. The number of rotatable bonds is 3. The Kier molecular flexibility index (Phi) is 3.73. The fourth-order valence-electron chi connectivity index (χ4n) is 1.76. The maximum absolute atomic E-state index is 9.32. The van der Waals surface area contributed by atoms with Crippen molar-refractivity contribution >= 4 is 0 Å². The van der Waals surface area contributed by atoms with Crippen molar-refractivity contribution in [1.82, 2.24) is 0 Å². The highest BCUT2D eigenvalue weighted by atomic mass is 16.3. The lowest BCUT2D eigenvalue weighted by molar-refractivity contribution is -0.0679. The third-order valence-corrected chi connectivity index (χ3v) is 3.16. The predicted octanol–water partition coefficient (Wildman–Crippen LogP) is 1.66. The molecular weight excluding hydrogens is 152 g/mol. The van der Waals surface area contributed by atoms with Crippen LogP contribution < -0.4 is 0 Å². The van der Waals surface area contributed by atoms with Gasteiger partial charge in [0.1, 0.15) is 0 Å². The van der Waals surface area contributed by atoms with Crippen LogP contribution in [0.5, 0.6) is 0 Å². The minimum Gasteiger partial charge on any atom is -0.396 e. The summed E-state index contributed by atoms with van der Waals surface area (Å²) in [6.45, 7) is 10.3. The lowest BCUT2D eigenvalue weighted by Gasteiger charge is -2.45. The molecule has 0 aliphatic heterocycles. The Labute approximate surface area is 75.6 Å². The Morgan fingerprint density at radius 1 is 1.00 bits per heavy atom. The molecule has 0 atom stereocenters. The second kappa shape index (κ2) is 3.75. The van der Waals surface area contributed by atoms with E-state index >= 15 is 0 Å². The molecule has 0 amide bonds. The van der Waals surface area contributed by atoms with Crippen molar-refractivity contribution in [2.24, 2.45) is 16.7 Å². The van der Waals surface area contributed by atoms with Gasteiger partial charge in [0.15, 0.2) is 0 Å². The van der Waals surface area contributed by atoms with E-state index in [9.17, 15) is 10.2 Å². The molecule has 0 heterocycles. The van der Waals surface area contributed by atoms with Crippen LogP contribution in [0.1, 0.15) is 34.6 Å². The van der Waals surface area contributed by atoms with E-state index in [0.29, 0.717) is 0 Å². The molecule has 0 bridgehead atoms. The molecule has 0 aliphatic carbocycles. The second-order valence-electron chi connectivity index (χ2n) is 4.88. The van der Waals surface area contributed by atoms with Gasteiger partial charge in [-0.05, 0) is 11.3 Å². The Balaban J connectivity index is 4.83. The standard InChI is InChI=1S/C10H22O2/c1-8(2)10(6-11,7-12)9(3,4)5/h8,11-12H,6-7H2,1-5H3. The third kappa shape index (κ3) is 1.80. The summed E-state index contributed by atoms with van der Waals surface area (Å²) >= 11 is 0. The van der Waals surface area contributed by atoms with Gasteiger partial charge in [-0.3, -0.25) is 0 Å². The predicted molar refractivity (Wildman–Crippen MR) is 50.9 cm³/mol. The van der Waals surface area contributed by atoms with Crippen LogP contribution in [0.3, 0.4) is 0 Å². The topological polar surface area (TPSA) is 40.5 Å². The van der Waals surface area contributed by atoms with Gasteiger partial charge < -0.3 is 10.2 Å². The molecule has 12 heavy (non-hydrogen) atoms. The van der Waals surface area contributed by atoms with E-state index in [1.807, 2.05) is 13.8 Å². The van der Waals surface area contributed by atoms with Crippen LogP contribution in [-0.4, -0.2) is 23.4 Å². The van der Waals surface area contributed by atoms with Crippen LogP contribution in [0, 0.1) is 16.7 Å². The van der Waals surface area contributed by atoms with Crippen LogP contribution in [0.4, 0.5) is 0 Å². The molecule has 2 heteroatoms. The monoisotopic (exact) mass is 174 g/mol. The van der Waals surface area contributed by atoms with Crippen molar-refractivity contribution in [3.63, 3.8) is 0 Å². The first kappa shape index (κ1) is 11.9. The van der Waals surface area contributed by atoms with Crippen molar-refractivity contribution in [3.05, 3.63) is 0 Å². The number of aliphatic hydroxyl groups is 2. The van der Waals surface area contributed by atoms with Crippen LogP contribution in [0.25, 0.3) is 0 Å². The number of hydrogen-bond acceptors (Lipinski definition) is 2. The van der Waals surface area contributed by atoms with Gasteiger partial charge in [0.25, 0.3) is 0 Å². The van der Waals surface area contributed by atoms with Gasteiger partial charge in [-0.25, -0.2) is 0 Å². The molecule has 0 aromatic heterocycles. The van der Waals surface area contributed by atoms with Crippen molar-refractivity contribution in [1.29, 1.82) is 0 Å². The largest absolute Gasteiger partial charge is 0.396 e. The summed E-state index contributed by atoms with van der Waals surface area (Å²) in [6, 6.07) is 0. The summed E-state index contributed by atoms with van der Waals surface area (Å²) in [4.78, 5) is 0. The Hall–Kier alpha value is -0.0800. The van der Waals surface area contributed by atoms with E-state index in [4.69, 9.17) is 0 Å². The van der Waals surface area contributed by atoms with E-state index in [1.54, 1.807) is 0 Å². The van der Waals surface area contributed by atoms with E-state index < -0.39 is 0 Å². The fraction of sp³-hybridized carbons (Fsp3) is 1.00. The summed E-state index contributed by atoms with van der Waals surface area (Å²) in [5.74, 6) is 0.285. The highest BCUT2D eigenvalue weighted by Crippen LogP contribution is 2.43. The Morgan fingerprint density at radius 2 is 1.33 bits per heavy atom. The second-order valence-corrected chi connectivity index (χ2v) is 4.88. The average Bonchev–Trinajstić information content (AvgIpc) is 1.87. The van der Waals surface area contributed by atoms with E-state index in [1.165, 1.54) is 0 Å². The molecule has 0 spiro atoms. The minimum absolute atomic E-state index is 0.0463. The molecular formula is C10H22O2. The van der Waals surface area contributed by atoms with Gasteiger partial charge >= 0.3 is 0 Å². The van der Waals surface area contributed by atoms with Crippen LogP contribution in [0.2, 0.25) is 0 Å². The summed E-state index contributed by atoms with van der Waals surface area (Å²) in [6.07, 6.45) is 0. The fourth-order valence-corrected chi connectivity index (χ4v) is 1.76. The smallest absolute Gasteiger partial charge is 0.0516 e. The molecule has 0 rings (SSSR count). The minimum atomic E-state index is -0.368. The van der Waals surface area contributed by atoms with E-state index in [2.05, 4.69) is 20.8 Å². The van der Waals surface area contributed by atoms with Crippen LogP contribution in [-0.2, 0) is 0 Å². The average molecular weight is 174 g/mol. The molecule has 0 saturated carbocycles. The van der Waals surface area contributed by atoms with E-state index in [-0.39, 0.29) is 30.0 Å². The van der Waals surface area contributed by atoms with Gasteiger partial charge in [-0.15, -0.1) is 0 Å². The van der Waals surface area contributed by atoms with Crippen molar-refractivity contribution in [2.75, 3.05) is 13.2 Å². The normalized spacial score (nSPS) is 14.0. The van der Waals surface area contributed by atoms with Crippen LogP contribution >= 0.6 is 0 Å². The zero-order chi connectivity index (χ0) is 9.99. The lowest BCUT2D eigenvalue weighted by Crippen LogP contribution is -2.46. The maximum atomic E-state index is 9.32. The molecule has 2 N–H and O–H groups in total. The summed E-state index contributed by atoms with van der Waals surface area (Å²) < 4.78 is 0. The van der Waals surface area contributed by atoms with Gasteiger partial charge in [0.2, 0.25) is 0 Å². The zero-order valence-electron chi connectivity index (χ0n) is 8.89. The van der Waals surface area contributed by atoms with Crippen LogP contribution in [0.15, 0.2) is 0 Å². The molecule has 74 valence electrons. The summed E-state index contributed by atoms with van der Waals surface area (Å²) in [5, 5.41) is 18.6. The molecule has 0 aliphatic rings. The highest BCUT2D eigenvalue weighted by Gasteiger charge is 2.43. The van der Waals surface area contributed by atoms with Gasteiger partial charge in [0, 0.05) is 5.41 Å². The zero-order valence-corrected chi connectivity index (χ0v) is 8.89. The maximum Gasteiger partial charge on any atom is 0.0516 e. The number of aliphatic hydroxyl groups excluding tert-OH is 2. The molecule has 0 saturated heterocycles. The van der Waals surface area contributed by atoms with Crippen molar-refractivity contribution in [3.8, 4) is 0 Å².